The average Bonchev–Trinajstić information content (AvgIpc) is 3.11. The molecule has 35 heavy (non-hydrogen) atoms. The fourth-order valence-electron chi connectivity index (χ4n) is 7.55. The van der Waals surface area contributed by atoms with Gasteiger partial charge in [-0.05, 0) is 92.4 Å². The predicted molar refractivity (Wildman–Crippen MR) is 128 cm³/mol. The molecule has 0 aromatic rings. The molecule has 0 heterocycles. The molecule has 0 bridgehead atoms. The van der Waals surface area contributed by atoms with Gasteiger partial charge < -0.3 is 25.5 Å². The number of allylic oxidation sites excluding steroid dienone is 2. The first-order valence-electron chi connectivity index (χ1n) is 12.9. The van der Waals surface area contributed by atoms with Gasteiger partial charge in [-0.15, -0.1) is 0 Å². The lowest BCUT2D eigenvalue weighted by molar-refractivity contribution is -0.143. The van der Waals surface area contributed by atoms with Crippen molar-refractivity contribution >= 4 is 23.6 Å². The Kier molecular flexibility index (Phi) is 7.27. The third-order valence-electron chi connectivity index (χ3n) is 9.58. The number of carbonyl (C=O) groups excluding carboxylic acids is 1. The zero-order chi connectivity index (χ0) is 25.4. The third kappa shape index (κ3) is 4.97. The first-order valence-corrected chi connectivity index (χ1v) is 12.9. The minimum atomic E-state index is -1.28. The van der Waals surface area contributed by atoms with Crippen LogP contribution in [0.1, 0.15) is 78.1 Å². The first kappa shape index (κ1) is 25.7. The summed E-state index contributed by atoms with van der Waals surface area (Å²) in [6, 6.07) is -1.28. The summed E-state index contributed by atoms with van der Waals surface area (Å²) < 4.78 is 0. The molecule has 3 saturated carbocycles. The molecule has 1 amide bonds. The van der Waals surface area contributed by atoms with Gasteiger partial charge in [0, 0.05) is 6.42 Å². The fourth-order valence-corrected chi connectivity index (χ4v) is 7.55. The molecule has 4 aliphatic carbocycles. The highest BCUT2D eigenvalue weighted by Crippen LogP contribution is 2.65. The predicted octanol–water partition coefficient (Wildman–Crippen LogP) is 3.12. The molecule has 0 radical (unpaired) electrons. The van der Waals surface area contributed by atoms with Crippen molar-refractivity contribution in [2.75, 3.05) is 6.61 Å². The first-order chi connectivity index (χ1) is 16.5. The Morgan fingerprint density at radius 3 is 2.60 bits per heavy atom. The highest BCUT2D eigenvalue weighted by molar-refractivity contribution is 5.96. The Morgan fingerprint density at radius 1 is 1.11 bits per heavy atom. The van der Waals surface area contributed by atoms with Crippen molar-refractivity contribution in [3.8, 4) is 0 Å². The van der Waals surface area contributed by atoms with Gasteiger partial charge in [-0.2, -0.15) is 0 Å². The molecule has 0 spiro atoms. The van der Waals surface area contributed by atoms with Crippen LogP contribution in [0.4, 0.5) is 0 Å². The van der Waals surface area contributed by atoms with Crippen LogP contribution in [0.2, 0.25) is 0 Å². The summed E-state index contributed by atoms with van der Waals surface area (Å²) in [4.78, 5) is 39.2. The third-order valence-corrected chi connectivity index (χ3v) is 9.58. The van der Waals surface area contributed by atoms with Crippen LogP contribution in [0.5, 0.6) is 0 Å². The number of hydrogen-bond acceptors (Lipinski definition) is 6. The van der Waals surface area contributed by atoms with Gasteiger partial charge in [-0.1, -0.05) is 24.6 Å². The minimum absolute atomic E-state index is 0.0711. The molecule has 4 aliphatic rings. The van der Waals surface area contributed by atoms with Crippen LogP contribution in [0.3, 0.4) is 0 Å². The van der Waals surface area contributed by atoms with Gasteiger partial charge in [0.05, 0.1) is 11.8 Å². The molecule has 9 nitrogen and oxygen atoms in total. The lowest BCUT2D eigenvalue weighted by atomic mass is 9.47. The van der Waals surface area contributed by atoms with E-state index in [0.717, 1.165) is 57.1 Å². The molecular weight excluding hydrogens is 452 g/mol. The Balaban J connectivity index is 1.35. The zero-order valence-corrected chi connectivity index (χ0v) is 20.7. The van der Waals surface area contributed by atoms with Crippen molar-refractivity contribution in [1.29, 1.82) is 0 Å². The molecule has 0 saturated heterocycles. The normalized spacial score (nSPS) is 37.9. The van der Waals surface area contributed by atoms with Crippen LogP contribution in [-0.4, -0.2) is 57.6 Å². The van der Waals surface area contributed by atoms with Crippen molar-refractivity contribution in [3.05, 3.63) is 11.6 Å². The molecule has 0 aliphatic heterocycles. The van der Waals surface area contributed by atoms with E-state index in [9.17, 15) is 19.5 Å². The summed E-state index contributed by atoms with van der Waals surface area (Å²) in [6.07, 6.45) is 9.61. The van der Waals surface area contributed by atoms with E-state index >= 15 is 0 Å². The van der Waals surface area contributed by atoms with E-state index < -0.39 is 30.5 Å². The van der Waals surface area contributed by atoms with Crippen LogP contribution >= 0.6 is 0 Å². The lowest BCUT2D eigenvalue weighted by Crippen LogP contribution is -2.51. The van der Waals surface area contributed by atoms with Gasteiger partial charge in [-0.25, -0.2) is 4.79 Å². The smallest absolute Gasteiger partial charge is 0.326 e. The van der Waals surface area contributed by atoms with Gasteiger partial charge in [0.15, 0.2) is 6.61 Å². The zero-order valence-electron chi connectivity index (χ0n) is 20.7. The number of nitrogens with zero attached hydrogens (tertiary/aromatic N) is 1. The molecule has 7 atom stereocenters. The van der Waals surface area contributed by atoms with Crippen molar-refractivity contribution in [2.45, 2.75) is 90.2 Å². The van der Waals surface area contributed by atoms with E-state index in [1.54, 1.807) is 0 Å². The maximum atomic E-state index is 12.1. The van der Waals surface area contributed by atoms with Crippen LogP contribution in [-0.2, 0) is 19.2 Å². The summed E-state index contributed by atoms with van der Waals surface area (Å²) in [6.45, 7) is 4.26. The highest BCUT2D eigenvalue weighted by Gasteiger charge is 2.58. The highest BCUT2D eigenvalue weighted by atomic mass is 16.6. The monoisotopic (exact) mass is 490 g/mol. The maximum Gasteiger partial charge on any atom is 0.326 e. The second-order valence-corrected chi connectivity index (χ2v) is 11.4. The van der Waals surface area contributed by atoms with Crippen molar-refractivity contribution in [2.24, 2.45) is 33.7 Å². The molecule has 0 aromatic heterocycles. The SMILES string of the molecule is C[C@]12CC[C@H]3[C@@H](CCC4=C/C(=N\OCC(=O)N[C@@H](CCC(=O)O)C(=O)O)CC[C@@]43C)[C@@H]1CC[C@H]2O. The van der Waals surface area contributed by atoms with Crippen molar-refractivity contribution in [1.82, 2.24) is 5.32 Å². The number of nitrogens with one attached hydrogen (secondary N) is 1. The van der Waals surface area contributed by atoms with Crippen LogP contribution in [0.25, 0.3) is 0 Å². The molecule has 4 N–H and O–H groups in total. The number of carboxylic acid groups (broad SMARTS) is 2. The number of carboxylic acids is 2. The van der Waals surface area contributed by atoms with E-state index in [-0.39, 0.29) is 29.8 Å². The largest absolute Gasteiger partial charge is 0.481 e. The van der Waals surface area contributed by atoms with E-state index in [1.165, 1.54) is 5.57 Å². The molecule has 3 fully saturated rings. The van der Waals surface area contributed by atoms with Gasteiger partial charge in [0.25, 0.3) is 5.91 Å². The van der Waals surface area contributed by atoms with Crippen LogP contribution < -0.4 is 5.32 Å². The van der Waals surface area contributed by atoms with Gasteiger partial charge in [0.1, 0.15) is 6.04 Å². The molecular formula is C26H38N2O7. The number of hydrogen-bond donors (Lipinski definition) is 4. The molecule has 194 valence electrons. The number of carbonyl (C=O) groups is 3. The summed E-state index contributed by atoms with van der Waals surface area (Å²) in [5, 5.41) is 35.0. The Bertz CT molecular complexity index is 931. The number of oxime groups is 1. The Labute approximate surface area is 206 Å². The minimum Gasteiger partial charge on any atom is -0.481 e. The number of amides is 1. The van der Waals surface area contributed by atoms with Crippen molar-refractivity contribution in [3.63, 3.8) is 0 Å². The van der Waals surface area contributed by atoms with E-state index in [4.69, 9.17) is 15.1 Å². The number of fused-ring (bicyclic) bond motifs is 5. The number of aliphatic carboxylic acids is 2. The standard InChI is InChI=1S/C26H38N2O7/c1-25-11-9-16(28-35-14-22(30)27-20(24(33)34)6-8-23(31)32)13-15(25)3-4-17-18-5-7-21(29)26(18,2)12-10-19(17)25/h13,17-21,29H,3-12,14H2,1-2H3,(H,27,30)(H,31,32)(H,33,34)/b28-16-/t17-,18-,19-,20-,21+,25-,26-/m0/s1. The van der Waals surface area contributed by atoms with Gasteiger partial charge in [-0.3, -0.25) is 9.59 Å². The van der Waals surface area contributed by atoms with Crippen LogP contribution in [0.15, 0.2) is 16.8 Å². The number of aliphatic hydroxyl groups excluding tert-OH is 1. The second kappa shape index (κ2) is 9.91. The van der Waals surface area contributed by atoms with Crippen molar-refractivity contribution < 1.29 is 34.5 Å². The second-order valence-electron chi connectivity index (χ2n) is 11.4. The maximum absolute atomic E-state index is 12.1. The fraction of sp³-hybridized carbons (Fsp3) is 0.769. The van der Waals surface area contributed by atoms with Crippen LogP contribution in [0, 0.1) is 28.6 Å². The number of rotatable bonds is 8. The summed E-state index contributed by atoms with van der Waals surface area (Å²) in [5.74, 6) is -1.16. The molecule has 0 unspecified atom stereocenters. The molecule has 4 rings (SSSR count). The van der Waals surface area contributed by atoms with Gasteiger partial charge >= 0.3 is 11.9 Å². The topological polar surface area (TPSA) is 146 Å². The van der Waals surface area contributed by atoms with E-state index in [1.807, 2.05) is 0 Å². The van der Waals surface area contributed by atoms with E-state index in [2.05, 4.69) is 30.4 Å². The lowest BCUT2D eigenvalue weighted by Gasteiger charge is -2.57. The Morgan fingerprint density at radius 2 is 1.89 bits per heavy atom. The van der Waals surface area contributed by atoms with Gasteiger partial charge in [0.2, 0.25) is 0 Å². The Hall–Kier alpha value is -2.42. The molecule has 0 aromatic carbocycles. The molecule has 9 heteroatoms. The summed E-state index contributed by atoms with van der Waals surface area (Å²) in [5.41, 5.74) is 2.40. The van der Waals surface area contributed by atoms with E-state index in [0.29, 0.717) is 17.8 Å². The number of aliphatic hydroxyl groups is 1. The summed E-state index contributed by atoms with van der Waals surface area (Å²) >= 11 is 0. The summed E-state index contributed by atoms with van der Waals surface area (Å²) in [7, 11) is 0. The average molecular weight is 491 g/mol. The quantitative estimate of drug-likeness (QED) is 0.382.